The van der Waals surface area contributed by atoms with Gasteiger partial charge >= 0.3 is 0 Å². The molecule has 0 aliphatic heterocycles. The average Bonchev–Trinajstić information content (AvgIpc) is 2.08. The highest BCUT2D eigenvalue weighted by atomic mass is 35.5. The van der Waals surface area contributed by atoms with Crippen LogP contribution in [0.5, 0.6) is 0 Å². The minimum Gasteiger partial charge on any atom is -0.306 e. The third-order valence-electron chi connectivity index (χ3n) is 1.78. The standard InChI is InChI=1S/C9H10Cl2O2S/c10-8-4-3-7(9(11)6-8)2-1-5-14(12)13/h3-4,6H,1-2,5H2,(H,12,13). The summed E-state index contributed by atoms with van der Waals surface area (Å²) in [4.78, 5) is 0. The summed E-state index contributed by atoms with van der Waals surface area (Å²) < 4.78 is 18.9. The Morgan fingerprint density at radius 1 is 1.36 bits per heavy atom. The fraction of sp³-hybridized carbons (Fsp3) is 0.333. The Morgan fingerprint density at radius 3 is 2.64 bits per heavy atom. The van der Waals surface area contributed by atoms with E-state index in [1.54, 1.807) is 12.1 Å². The summed E-state index contributed by atoms with van der Waals surface area (Å²) in [5, 5.41) is 1.21. The Labute approximate surface area is 95.5 Å². The SMILES string of the molecule is O=S(O)CCCc1ccc(Cl)cc1Cl. The molecule has 5 heteroatoms. The van der Waals surface area contributed by atoms with Gasteiger partial charge in [0.25, 0.3) is 0 Å². The van der Waals surface area contributed by atoms with Crippen LogP contribution in [0.3, 0.4) is 0 Å². The lowest BCUT2D eigenvalue weighted by Crippen LogP contribution is -1.97. The fourth-order valence-corrected chi connectivity index (χ4v) is 2.00. The Balaban J connectivity index is 2.55. The van der Waals surface area contributed by atoms with Crippen LogP contribution in [0.15, 0.2) is 18.2 Å². The molecule has 0 amide bonds. The average molecular weight is 253 g/mol. The van der Waals surface area contributed by atoms with Crippen LogP contribution in [-0.4, -0.2) is 14.5 Å². The molecule has 78 valence electrons. The number of halogens is 2. The zero-order chi connectivity index (χ0) is 10.6. The number of benzene rings is 1. The van der Waals surface area contributed by atoms with Gasteiger partial charge in [-0.3, -0.25) is 0 Å². The van der Waals surface area contributed by atoms with Crippen LogP contribution in [0.25, 0.3) is 0 Å². The molecule has 0 heterocycles. The Kier molecular flexibility index (Phi) is 4.89. The number of hydrogen-bond acceptors (Lipinski definition) is 1. The molecular weight excluding hydrogens is 243 g/mol. The van der Waals surface area contributed by atoms with Gasteiger partial charge in [-0.25, -0.2) is 4.21 Å². The Morgan fingerprint density at radius 2 is 2.07 bits per heavy atom. The van der Waals surface area contributed by atoms with Crippen molar-refractivity contribution in [1.29, 1.82) is 0 Å². The molecule has 0 radical (unpaired) electrons. The van der Waals surface area contributed by atoms with Crippen LogP contribution >= 0.6 is 23.2 Å². The molecule has 0 aliphatic rings. The fourth-order valence-electron chi connectivity index (χ4n) is 1.11. The monoisotopic (exact) mass is 252 g/mol. The van der Waals surface area contributed by atoms with E-state index in [1.807, 2.05) is 6.07 Å². The first-order valence-corrected chi connectivity index (χ1v) is 6.14. The maximum atomic E-state index is 10.4. The van der Waals surface area contributed by atoms with E-state index in [9.17, 15) is 4.21 Å². The van der Waals surface area contributed by atoms with Crippen molar-refractivity contribution in [1.82, 2.24) is 0 Å². The highest BCUT2D eigenvalue weighted by Crippen LogP contribution is 2.21. The predicted molar refractivity (Wildman–Crippen MR) is 60.4 cm³/mol. The molecule has 0 fully saturated rings. The molecule has 2 nitrogen and oxygen atoms in total. The summed E-state index contributed by atoms with van der Waals surface area (Å²) in [5.41, 5.74) is 0.960. The minimum absolute atomic E-state index is 0.277. The van der Waals surface area contributed by atoms with E-state index in [1.165, 1.54) is 0 Å². The van der Waals surface area contributed by atoms with Crippen molar-refractivity contribution < 1.29 is 8.76 Å². The number of hydrogen-bond donors (Lipinski definition) is 1. The summed E-state index contributed by atoms with van der Waals surface area (Å²) in [6, 6.07) is 5.28. The smallest absolute Gasteiger partial charge is 0.152 e. The van der Waals surface area contributed by atoms with Gasteiger partial charge in [-0.15, -0.1) is 0 Å². The topological polar surface area (TPSA) is 37.3 Å². The number of rotatable bonds is 4. The zero-order valence-corrected chi connectivity index (χ0v) is 9.70. The van der Waals surface area contributed by atoms with Crippen molar-refractivity contribution >= 4 is 34.3 Å². The molecule has 1 N–H and O–H groups in total. The first-order valence-electron chi connectivity index (χ1n) is 4.11. The van der Waals surface area contributed by atoms with Gasteiger partial charge in [0.2, 0.25) is 0 Å². The molecular formula is C9H10Cl2O2S. The summed E-state index contributed by atoms with van der Waals surface area (Å²) in [6.45, 7) is 0. The molecule has 1 rings (SSSR count). The van der Waals surface area contributed by atoms with Crippen LogP contribution in [0, 0.1) is 0 Å². The molecule has 1 aromatic rings. The molecule has 0 aromatic heterocycles. The summed E-state index contributed by atoms with van der Waals surface area (Å²) in [7, 11) is 0. The quantitative estimate of drug-likeness (QED) is 0.837. The van der Waals surface area contributed by atoms with Gasteiger partial charge in [0, 0.05) is 15.8 Å². The van der Waals surface area contributed by atoms with Crippen molar-refractivity contribution in [3.05, 3.63) is 33.8 Å². The molecule has 1 unspecified atom stereocenters. The van der Waals surface area contributed by atoms with Crippen LogP contribution in [0.1, 0.15) is 12.0 Å². The van der Waals surface area contributed by atoms with Gasteiger partial charge in [-0.1, -0.05) is 29.3 Å². The Hall–Kier alpha value is -0.0900. The lowest BCUT2D eigenvalue weighted by Gasteiger charge is -2.03. The molecule has 0 bridgehead atoms. The lowest BCUT2D eigenvalue weighted by atomic mass is 10.1. The van der Waals surface area contributed by atoms with Crippen LogP contribution in [0.4, 0.5) is 0 Å². The van der Waals surface area contributed by atoms with Crippen molar-refractivity contribution in [2.24, 2.45) is 0 Å². The van der Waals surface area contributed by atoms with E-state index in [0.29, 0.717) is 22.9 Å². The molecule has 0 saturated heterocycles. The predicted octanol–water partition coefficient (Wildman–Crippen LogP) is 3.15. The van der Waals surface area contributed by atoms with E-state index in [4.69, 9.17) is 27.8 Å². The summed E-state index contributed by atoms with van der Waals surface area (Å²) in [5.74, 6) is 0.277. The first-order chi connectivity index (χ1) is 6.59. The van der Waals surface area contributed by atoms with Gasteiger partial charge < -0.3 is 4.55 Å². The molecule has 0 saturated carbocycles. The third-order valence-corrected chi connectivity index (χ3v) is 3.01. The van der Waals surface area contributed by atoms with Crippen molar-refractivity contribution in [2.75, 3.05) is 5.75 Å². The molecule has 0 aliphatic carbocycles. The van der Waals surface area contributed by atoms with E-state index < -0.39 is 11.1 Å². The summed E-state index contributed by atoms with van der Waals surface area (Å²) in [6.07, 6.45) is 1.34. The van der Waals surface area contributed by atoms with Crippen LogP contribution in [0.2, 0.25) is 10.0 Å². The van der Waals surface area contributed by atoms with Gasteiger partial charge in [-0.05, 0) is 30.5 Å². The van der Waals surface area contributed by atoms with Gasteiger partial charge in [0.15, 0.2) is 11.1 Å². The van der Waals surface area contributed by atoms with E-state index in [0.717, 1.165) is 5.56 Å². The largest absolute Gasteiger partial charge is 0.306 e. The summed E-state index contributed by atoms with van der Waals surface area (Å²) >= 11 is 9.93. The lowest BCUT2D eigenvalue weighted by molar-refractivity contribution is 0.561. The molecule has 1 aromatic carbocycles. The van der Waals surface area contributed by atoms with E-state index in [-0.39, 0.29) is 5.75 Å². The second-order valence-electron chi connectivity index (χ2n) is 2.86. The zero-order valence-electron chi connectivity index (χ0n) is 7.37. The van der Waals surface area contributed by atoms with Crippen molar-refractivity contribution in [3.8, 4) is 0 Å². The maximum Gasteiger partial charge on any atom is 0.152 e. The van der Waals surface area contributed by atoms with Crippen molar-refractivity contribution in [3.63, 3.8) is 0 Å². The first kappa shape index (κ1) is 12.0. The Bertz CT molecular complexity index is 342. The second-order valence-corrected chi connectivity index (χ2v) is 4.76. The second kappa shape index (κ2) is 5.71. The van der Waals surface area contributed by atoms with Gasteiger partial charge in [0.1, 0.15) is 0 Å². The van der Waals surface area contributed by atoms with E-state index in [2.05, 4.69) is 0 Å². The highest BCUT2D eigenvalue weighted by molar-refractivity contribution is 7.79. The highest BCUT2D eigenvalue weighted by Gasteiger charge is 2.02. The van der Waals surface area contributed by atoms with Crippen LogP contribution < -0.4 is 0 Å². The third kappa shape index (κ3) is 3.96. The molecule has 14 heavy (non-hydrogen) atoms. The van der Waals surface area contributed by atoms with Crippen molar-refractivity contribution in [2.45, 2.75) is 12.8 Å². The minimum atomic E-state index is -1.72. The normalized spacial score (nSPS) is 12.8. The maximum absolute atomic E-state index is 10.4. The van der Waals surface area contributed by atoms with Gasteiger partial charge in [0.05, 0.1) is 0 Å². The molecule has 1 atom stereocenters. The van der Waals surface area contributed by atoms with E-state index >= 15 is 0 Å². The number of aryl methyl sites for hydroxylation is 1. The van der Waals surface area contributed by atoms with Crippen LogP contribution in [-0.2, 0) is 17.5 Å². The van der Waals surface area contributed by atoms with Gasteiger partial charge in [-0.2, -0.15) is 0 Å². The molecule has 0 spiro atoms.